The molecule has 1 heterocycles. The molecule has 1 aromatic carbocycles. The van der Waals surface area contributed by atoms with E-state index in [-0.39, 0.29) is 12.3 Å². The van der Waals surface area contributed by atoms with Crippen molar-refractivity contribution in [2.24, 2.45) is 0 Å². The number of rotatable bonds is 5. The van der Waals surface area contributed by atoms with Crippen molar-refractivity contribution in [2.75, 3.05) is 23.8 Å². The fourth-order valence-electron chi connectivity index (χ4n) is 2.69. The van der Waals surface area contributed by atoms with Crippen molar-refractivity contribution in [3.05, 3.63) is 28.3 Å². The van der Waals surface area contributed by atoms with E-state index in [1.54, 1.807) is 12.1 Å². The lowest BCUT2D eigenvalue weighted by Crippen LogP contribution is -2.29. The average molecular weight is 265 g/mol. The molecule has 6 heteroatoms. The molecule has 0 saturated carbocycles. The number of nitro groups is 1. The Labute approximate surface area is 112 Å². The summed E-state index contributed by atoms with van der Waals surface area (Å²) < 4.78 is 0. The highest BCUT2D eigenvalue weighted by atomic mass is 16.6. The Bertz CT molecular complexity index is 464. The maximum atomic E-state index is 10.9. The molecule has 1 unspecified atom stereocenters. The number of nitrogens with zero attached hydrogens (tertiary/aromatic N) is 2. The minimum atomic E-state index is -0.418. The van der Waals surface area contributed by atoms with Crippen LogP contribution in [0.5, 0.6) is 0 Å². The zero-order chi connectivity index (χ0) is 13.8. The molecule has 0 aromatic heterocycles. The number of non-ortho nitro benzene ring substituents is 1. The molecule has 1 atom stereocenters. The van der Waals surface area contributed by atoms with Gasteiger partial charge in [0.25, 0.3) is 5.69 Å². The van der Waals surface area contributed by atoms with E-state index in [9.17, 15) is 10.1 Å². The molecule has 0 aliphatic carbocycles. The topological polar surface area (TPSA) is 92.6 Å². The minimum absolute atomic E-state index is 0.0304. The second-order valence-corrected chi connectivity index (χ2v) is 4.90. The third kappa shape index (κ3) is 3.14. The monoisotopic (exact) mass is 265 g/mol. The zero-order valence-corrected chi connectivity index (χ0v) is 10.8. The van der Waals surface area contributed by atoms with Crippen LogP contribution in [0, 0.1) is 10.1 Å². The first-order valence-electron chi connectivity index (χ1n) is 6.54. The Morgan fingerprint density at radius 2 is 2.26 bits per heavy atom. The van der Waals surface area contributed by atoms with Crippen molar-refractivity contribution in [1.82, 2.24) is 0 Å². The van der Waals surface area contributed by atoms with Crippen molar-refractivity contribution in [2.45, 2.75) is 31.7 Å². The summed E-state index contributed by atoms with van der Waals surface area (Å²) in [6, 6.07) is 5.08. The number of aliphatic hydroxyl groups is 1. The van der Waals surface area contributed by atoms with Gasteiger partial charge in [-0.3, -0.25) is 10.1 Å². The van der Waals surface area contributed by atoms with E-state index < -0.39 is 4.92 Å². The van der Waals surface area contributed by atoms with Crippen LogP contribution in [-0.4, -0.2) is 29.2 Å². The second-order valence-electron chi connectivity index (χ2n) is 4.90. The van der Waals surface area contributed by atoms with Crippen molar-refractivity contribution < 1.29 is 10.0 Å². The summed E-state index contributed by atoms with van der Waals surface area (Å²) in [4.78, 5) is 12.6. The van der Waals surface area contributed by atoms with Gasteiger partial charge in [-0.15, -0.1) is 0 Å². The molecule has 1 saturated heterocycles. The lowest BCUT2D eigenvalue weighted by atomic mass is 10.1. The molecule has 104 valence electrons. The van der Waals surface area contributed by atoms with Crippen LogP contribution in [-0.2, 0) is 0 Å². The Balaban J connectivity index is 2.22. The molecule has 0 amide bonds. The van der Waals surface area contributed by atoms with Gasteiger partial charge in [-0.2, -0.15) is 0 Å². The van der Waals surface area contributed by atoms with Crippen LogP contribution in [0.3, 0.4) is 0 Å². The van der Waals surface area contributed by atoms with Crippen molar-refractivity contribution >= 4 is 17.1 Å². The fraction of sp³-hybridized carbons (Fsp3) is 0.538. The quantitative estimate of drug-likeness (QED) is 0.482. The first-order chi connectivity index (χ1) is 9.11. The standard InChI is InChI=1S/C13H19N3O3/c14-10-7-12(9-13(8-10)16(18)19)15-5-1-3-11(15)4-2-6-17/h7-9,11,17H,1-6,14H2. The van der Waals surface area contributed by atoms with Gasteiger partial charge in [0.05, 0.1) is 4.92 Å². The second kappa shape index (κ2) is 5.88. The lowest BCUT2D eigenvalue weighted by molar-refractivity contribution is -0.384. The maximum absolute atomic E-state index is 10.9. The zero-order valence-electron chi connectivity index (χ0n) is 10.8. The number of nitrogen functional groups attached to an aromatic ring is 1. The van der Waals surface area contributed by atoms with E-state index in [2.05, 4.69) is 4.90 Å². The highest BCUT2D eigenvalue weighted by molar-refractivity contribution is 5.63. The Kier molecular flexibility index (Phi) is 4.21. The highest BCUT2D eigenvalue weighted by Crippen LogP contribution is 2.32. The van der Waals surface area contributed by atoms with Crippen LogP contribution in [0.25, 0.3) is 0 Å². The lowest BCUT2D eigenvalue weighted by Gasteiger charge is -2.26. The molecule has 1 aromatic rings. The predicted octanol–water partition coefficient (Wildman–Crippen LogP) is 1.92. The van der Waals surface area contributed by atoms with Gasteiger partial charge in [-0.25, -0.2) is 0 Å². The number of nitro benzene ring substituents is 1. The first-order valence-corrected chi connectivity index (χ1v) is 6.54. The molecule has 0 radical (unpaired) electrons. The number of hydrogen-bond acceptors (Lipinski definition) is 5. The van der Waals surface area contributed by atoms with E-state index >= 15 is 0 Å². The van der Waals surface area contributed by atoms with Crippen LogP contribution in [0.4, 0.5) is 17.1 Å². The van der Waals surface area contributed by atoms with Gasteiger partial charge in [0.15, 0.2) is 0 Å². The Hall–Kier alpha value is -1.82. The number of nitrogens with two attached hydrogens (primary N) is 1. The molecule has 6 nitrogen and oxygen atoms in total. The number of hydrogen-bond donors (Lipinski definition) is 2. The normalized spacial score (nSPS) is 18.8. The summed E-state index contributed by atoms with van der Waals surface area (Å²) >= 11 is 0. The predicted molar refractivity (Wildman–Crippen MR) is 74.2 cm³/mol. The summed E-state index contributed by atoms with van der Waals surface area (Å²) in [6.07, 6.45) is 3.78. The van der Waals surface area contributed by atoms with Crippen LogP contribution in [0.15, 0.2) is 18.2 Å². The number of anilines is 2. The SMILES string of the molecule is Nc1cc(N2CCCC2CCCO)cc([N+](=O)[O-])c1. The van der Waals surface area contributed by atoms with Gasteiger partial charge in [0, 0.05) is 42.7 Å². The molecule has 0 spiro atoms. The van der Waals surface area contributed by atoms with Gasteiger partial charge < -0.3 is 15.7 Å². The highest BCUT2D eigenvalue weighted by Gasteiger charge is 2.25. The van der Waals surface area contributed by atoms with Crippen molar-refractivity contribution in [3.8, 4) is 0 Å². The van der Waals surface area contributed by atoms with Gasteiger partial charge in [-0.1, -0.05) is 0 Å². The Morgan fingerprint density at radius 1 is 1.47 bits per heavy atom. The summed E-state index contributed by atoms with van der Waals surface area (Å²) in [7, 11) is 0. The van der Waals surface area contributed by atoms with Gasteiger partial charge in [0.1, 0.15) is 0 Å². The van der Waals surface area contributed by atoms with E-state index in [0.29, 0.717) is 11.7 Å². The van der Waals surface area contributed by atoms with Crippen molar-refractivity contribution in [1.29, 1.82) is 0 Å². The van der Waals surface area contributed by atoms with Crippen LogP contribution in [0.1, 0.15) is 25.7 Å². The molecule has 19 heavy (non-hydrogen) atoms. The largest absolute Gasteiger partial charge is 0.398 e. The van der Waals surface area contributed by atoms with E-state index in [4.69, 9.17) is 10.8 Å². The van der Waals surface area contributed by atoms with E-state index in [1.807, 2.05) is 0 Å². The molecule has 3 N–H and O–H groups in total. The van der Waals surface area contributed by atoms with Gasteiger partial charge in [-0.05, 0) is 31.7 Å². The summed E-state index contributed by atoms with van der Waals surface area (Å²) in [5, 5.41) is 19.8. The smallest absolute Gasteiger partial charge is 0.273 e. The van der Waals surface area contributed by atoms with Crippen LogP contribution >= 0.6 is 0 Å². The number of benzene rings is 1. The van der Waals surface area contributed by atoms with E-state index in [1.165, 1.54) is 6.07 Å². The molecular weight excluding hydrogens is 246 g/mol. The fourth-order valence-corrected chi connectivity index (χ4v) is 2.69. The first kappa shape index (κ1) is 13.6. The van der Waals surface area contributed by atoms with Crippen LogP contribution in [0.2, 0.25) is 0 Å². The molecule has 2 rings (SSSR count). The molecule has 0 bridgehead atoms. The molecule has 1 aliphatic heterocycles. The average Bonchev–Trinajstić information content (AvgIpc) is 2.83. The maximum Gasteiger partial charge on any atom is 0.273 e. The van der Waals surface area contributed by atoms with Gasteiger partial charge in [0.2, 0.25) is 0 Å². The van der Waals surface area contributed by atoms with Gasteiger partial charge >= 0.3 is 0 Å². The molecule has 1 aliphatic rings. The third-order valence-electron chi connectivity index (χ3n) is 3.54. The number of aliphatic hydroxyl groups excluding tert-OH is 1. The summed E-state index contributed by atoms with van der Waals surface area (Å²) in [6.45, 7) is 1.07. The summed E-state index contributed by atoms with van der Waals surface area (Å²) in [5.74, 6) is 0. The summed E-state index contributed by atoms with van der Waals surface area (Å²) in [5.41, 5.74) is 7.00. The van der Waals surface area contributed by atoms with Crippen molar-refractivity contribution in [3.63, 3.8) is 0 Å². The Morgan fingerprint density at radius 3 is 2.95 bits per heavy atom. The minimum Gasteiger partial charge on any atom is -0.398 e. The third-order valence-corrected chi connectivity index (χ3v) is 3.54. The van der Waals surface area contributed by atoms with E-state index in [0.717, 1.165) is 37.9 Å². The van der Waals surface area contributed by atoms with Crippen LogP contribution < -0.4 is 10.6 Å². The molecule has 1 fully saturated rings. The molecular formula is C13H19N3O3.